The lowest BCUT2D eigenvalue weighted by molar-refractivity contribution is -0.120. The van der Waals surface area contributed by atoms with Gasteiger partial charge in [-0.3, -0.25) is 4.79 Å². The van der Waals surface area contributed by atoms with Crippen molar-refractivity contribution in [2.45, 2.75) is 20.3 Å². The predicted octanol–water partition coefficient (Wildman–Crippen LogP) is 3.09. The molecule has 4 heteroatoms. The normalized spacial score (nSPS) is 10.6. The third kappa shape index (κ3) is 5.05. The molecule has 0 aliphatic rings. The van der Waals surface area contributed by atoms with Crippen LogP contribution < -0.4 is 10.2 Å². The zero-order valence-corrected chi connectivity index (χ0v) is 12.9. The largest absolute Gasteiger partial charge is 0.494 e. The standard InChI is InChI=1S/C18H20N2O2/c1-3-22-17-10-8-15(9-11-17)12-18(21)20-19-13-16-6-4-14(2)5-7-16/h4-11,13H,3,12H2,1-2H3,(H,20,21)/b19-13+. The van der Waals surface area contributed by atoms with Crippen LogP contribution in [-0.4, -0.2) is 18.7 Å². The molecule has 2 rings (SSSR count). The number of hydrogen-bond donors (Lipinski definition) is 1. The van der Waals surface area contributed by atoms with Gasteiger partial charge in [-0.2, -0.15) is 5.10 Å². The first-order valence-corrected chi connectivity index (χ1v) is 7.27. The number of benzene rings is 2. The fourth-order valence-electron chi connectivity index (χ4n) is 1.93. The molecule has 0 atom stereocenters. The van der Waals surface area contributed by atoms with E-state index in [-0.39, 0.29) is 12.3 Å². The van der Waals surface area contributed by atoms with Gasteiger partial charge in [0.2, 0.25) is 5.91 Å². The molecule has 2 aromatic rings. The fraction of sp³-hybridized carbons (Fsp3) is 0.222. The van der Waals surface area contributed by atoms with Gasteiger partial charge in [0.25, 0.3) is 0 Å². The molecule has 4 nitrogen and oxygen atoms in total. The zero-order chi connectivity index (χ0) is 15.8. The lowest BCUT2D eigenvalue weighted by Crippen LogP contribution is -2.19. The van der Waals surface area contributed by atoms with Crippen molar-refractivity contribution in [3.05, 3.63) is 65.2 Å². The van der Waals surface area contributed by atoms with E-state index in [1.165, 1.54) is 5.56 Å². The van der Waals surface area contributed by atoms with Gasteiger partial charge in [0, 0.05) is 0 Å². The smallest absolute Gasteiger partial charge is 0.244 e. The highest BCUT2D eigenvalue weighted by molar-refractivity contribution is 5.83. The average molecular weight is 296 g/mol. The SMILES string of the molecule is CCOc1ccc(CC(=O)N/N=C/c2ccc(C)cc2)cc1. The topological polar surface area (TPSA) is 50.7 Å². The van der Waals surface area contributed by atoms with Crippen LogP contribution in [0.3, 0.4) is 0 Å². The molecule has 0 aliphatic carbocycles. The third-order valence-corrected chi connectivity index (χ3v) is 3.08. The van der Waals surface area contributed by atoms with Gasteiger partial charge in [-0.1, -0.05) is 42.0 Å². The molecule has 0 radical (unpaired) electrons. The fourth-order valence-corrected chi connectivity index (χ4v) is 1.93. The minimum atomic E-state index is -0.146. The first kappa shape index (κ1) is 15.8. The second-order valence-corrected chi connectivity index (χ2v) is 4.96. The molecule has 0 heterocycles. The number of nitrogens with zero attached hydrogens (tertiary/aromatic N) is 1. The Morgan fingerprint density at radius 3 is 2.45 bits per heavy atom. The van der Waals surface area contributed by atoms with E-state index in [0.29, 0.717) is 6.61 Å². The van der Waals surface area contributed by atoms with Crippen LogP contribution in [0.15, 0.2) is 53.6 Å². The van der Waals surface area contributed by atoms with Gasteiger partial charge >= 0.3 is 0 Å². The third-order valence-electron chi connectivity index (χ3n) is 3.08. The quantitative estimate of drug-likeness (QED) is 0.658. The van der Waals surface area contributed by atoms with E-state index in [1.807, 2.05) is 62.4 Å². The molecule has 0 aliphatic heterocycles. The van der Waals surface area contributed by atoms with Crippen LogP contribution in [0, 0.1) is 6.92 Å². The Bertz CT molecular complexity index is 631. The molecule has 1 N–H and O–H groups in total. The summed E-state index contributed by atoms with van der Waals surface area (Å²) in [5, 5.41) is 3.97. The number of ether oxygens (including phenoxy) is 1. The molecule has 0 aromatic heterocycles. The summed E-state index contributed by atoms with van der Waals surface area (Å²) in [6, 6.07) is 15.4. The first-order chi connectivity index (χ1) is 10.7. The summed E-state index contributed by atoms with van der Waals surface area (Å²) >= 11 is 0. The molecule has 1 amide bonds. The van der Waals surface area contributed by atoms with Gasteiger partial charge in [0.05, 0.1) is 19.2 Å². The number of hydrogen-bond acceptors (Lipinski definition) is 3. The van der Waals surface area contributed by atoms with Crippen LogP contribution in [0.25, 0.3) is 0 Å². The van der Waals surface area contributed by atoms with Crippen LogP contribution in [0.2, 0.25) is 0 Å². The zero-order valence-electron chi connectivity index (χ0n) is 12.9. The van der Waals surface area contributed by atoms with Crippen molar-refractivity contribution in [3.8, 4) is 5.75 Å². The Kier molecular flexibility index (Phi) is 5.72. The monoisotopic (exact) mass is 296 g/mol. The Balaban J connectivity index is 1.83. The van der Waals surface area contributed by atoms with Gasteiger partial charge < -0.3 is 4.74 Å². The lowest BCUT2D eigenvalue weighted by atomic mass is 10.1. The van der Waals surface area contributed by atoms with Crippen molar-refractivity contribution in [3.63, 3.8) is 0 Å². The summed E-state index contributed by atoms with van der Waals surface area (Å²) in [5.41, 5.74) is 5.60. The highest BCUT2D eigenvalue weighted by atomic mass is 16.5. The van der Waals surface area contributed by atoms with Crippen molar-refractivity contribution >= 4 is 12.1 Å². The maximum absolute atomic E-state index is 11.8. The minimum Gasteiger partial charge on any atom is -0.494 e. The van der Waals surface area contributed by atoms with Crippen molar-refractivity contribution < 1.29 is 9.53 Å². The second-order valence-electron chi connectivity index (χ2n) is 4.96. The predicted molar refractivity (Wildman–Crippen MR) is 88.2 cm³/mol. The molecule has 0 unspecified atom stereocenters. The van der Waals surface area contributed by atoms with E-state index >= 15 is 0 Å². The summed E-state index contributed by atoms with van der Waals surface area (Å²) in [6.45, 7) is 4.60. The van der Waals surface area contributed by atoms with E-state index in [0.717, 1.165) is 16.9 Å². The molecule has 2 aromatic carbocycles. The number of aryl methyl sites for hydroxylation is 1. The summed E-state index contributed by atoms with van der Waals surface area (Å²) in [5.74, 6) is 0.663. The van der Waals surface area contributed by atoms with Crippen LogP contribution >= 0.6 is 0 Å². The summed E-state index contributed by atoms with van der Waals surface area (Å²) < 4.78 is 5.36. The van der Waals surface area contributed by atoms with E-state index in [9.17, 15) is 4.79 Å². The number of nitrogens with one attached hydrogen (secondary N) is 1. The van der Waals surface area contributed by atoms with Crippen LogP contribution in [0.5, 0.6) is 5.75 Å². The van der Waals surface area contributed by atoms with Gasteiger partial charge in [-0.15, -0.1) is 0 Å². The second kappa shape index (κ2) is 7.98. The maximum atomic E-state index is 11.8. The maximum Gasteiger partial charge on any atom is 0.244 e. The van der Waals surface area contributed by atoms with Gasteiger partial charge in [-0.25, -0.2) is 5.43 Å². The minimum absolute atomic E-state index is 0.146. The van der Waals surface area contributed by atoms with Gasteiger partial charge in [0.1, 0.15) is 5.75 Å². The van der Waals surface area contributed by atoms with Crippen molar-refractivity contribution in [1.29, 1.82) is 0 Å². The van der Waals surface area contributed by atoms with Crippen molar-refractivity contribution in [2.24, 2.45) is 5.10 Å². The van der Waals surface area contributed by atoms with E-state index in [1.54, 1.807) is 6.21 Å². The van der Waals surface area contributed by atoms with Crippen LogP contribution in [-0.2, 0) is 11.2 Å². The Hall–Kier alpha value is -2.62. The highest BCUT2D eigenvalue weighted by Crippen LogP contribution is 2.12. The van der Waals surface area contributed by atoms with Gasteiger partial charge in [0.15, 0.2) is 0 Å². The summed E-state index contributed by atoms with van der Waals surface area (Å²) in [6.07, 6.45) is 1.92. The van der Waals surface area contributed by atoms with Crippen molar-refractivity contribution in [2.75, 3.05) is 6.61 Å². The number of carbonyl (C=O) groups is 1. The highest BCUT2D eigenvalue weighted by Gasteiger charge is 2.02. The summed E-state index contributed by atoms with van der Waals surface area (Å²) in [4.78, 5) is 11.8. The molecule has 0 spiro atoms. The Morgan fingerprint density at radius 1 is 1.14 bits per heavy atom. The molecule has 0 saturated carbocycles. The number of rotatable bonds is 6. The number of hydrazone groups is 1. The van der Waals surface area contributed by atoms with E-state index < -0.39 is 0 Å². The molecule has 22 heavy (non-hydrogen) atoms. The molecular formula is C18H20N2O2. The van der Waals surface area contributed by atoms with Crippen LogP contribution in [0.4, 0.5) is 0 Å². The van der Waals surface area contributed by atoms with E-state index in [2.05, 4.69) is 10.5 Å². The Morgan fingerprint density at radius 2 is 1.82 bits per heavy atom. The average Bonchev–Trinajstić information content (AvgIpc) is 2.51. The molecule has 0 saturated heterocycles. The number of amides is 1. The van der Waals surface area contributed by atoms with Crippen molar-refractivity contribution in [1.82, 2.24) is 5.43 Å². The molecule has 0 bridgehead atoms. The molecular weight excluding hydrogens is 276 g/mol. The first-order valence-electron chi connectivity index (χ1n) is 7.27. The molecule has 114 valence electrons. The number of carbonyl (C=O) groups excluding carboxylic acids is 1. The molecule has 0 fully saturated rings. The van der Waals surface area contributed by atoms with Crippen LogP contribution in [0.1, 0.15) is 23.6 Å². The van der Waals surface area contributed by atoms with E-state index in [4.69, 9.17) is 4.74 Å². The lowest BCUT2D eigenvalue weighted by Gasteiger charge is -2.04. The Labute approximate surface area is 130 Å². The summed E-state index contributed by atoms with van der Waals surface area (Å²) in [7, 11) is 0. The van der Waals surface area contributed by atoms with Gasteiger partial charge in [-0.05, 0) is 37.1 Å².